The topological polar surface area (TPSA) is 44.1 Å². The van der Waals surface area contributed by atoms with Crippen LogP contribution in [0.2, 0.25) is 0 Å². The monoisotopic (exact) mass is 308 g/mol. The van der Waals surface area contributed by atoms with Crippen LogP contribution in [0, 0.1) is 17.6 Å². The number of ether oxygens (including phenoxy) is 1. The zero-order valence-corrected chi connectivity index (χ0v) is 12.8. The van der Waals surface area contributed by atoms with Gasteiger partial charge in [0, 0.05) is 6.07 Å². The second-order valence-electron chi connectivity index (χ2n) is 5.35. The fourth-order valence-corrected chi connectivity index (χ4v) is 2.14. The zero-order chi connectivity index (χ0) is 16.3. The van der Waals surface area contributed by atoms with Gasteiger partial charge in [0.25, 0.3) is 0 Å². The average molecular weight is 308 g/mol. The summed E-state index contributed by atoms with van der Waals surface area (Å²) in [5, 5.41) is 4.27. The number of esters is 1. The van der Waals surface area contributed by atoms with Gasteiger partial charge in [-0.1, -0.05) is 13.8 Å². The van der Waals surface area contributed by atoms with E-state index in [2.05, 4.69) is 5.10 Å². The van der Waals surface area contributed by atoms with Crippen LogP contribution in [0.1, 0.15) is 37.0 Å². The number of carbonyl (C=O) groups is 1. The number of hydrogen-bond acceptors (Lipinski definition) is 3. The SMILES string of the molecule is CCOC(=O)c1cc(CC(C)C)nn1-c1ccc(F)cc1F. The Bertz CT molecular complexity index is 681. The molecule has 0 fully saturated rings. The number of hydrogen-bond donors (Lipinski definition) is 0. The number of halogens is 2. The van der Waals surface area contributed by atoms with Crippen molar-refractivity contribution in [3.8, 4) is 5.69 Å². The summed E-state index contributed by atoms with van der Waals surface area (Å²) in [7, 11) is 0. The van der Waals surface area contributed by atoms with E-state index < -0.39 is 17.6 Å². The smallest absolute Gasteiger partial charge is 0.357 e. The van der Waals surface area contributed by atoms with E-state index in [0.717, 1.165) is 12.1 Å². The minimum absolute atomic E-state index is 0.0134. The summed E-state index contributed by atoms with van der Waals surface area (Å²) in [4.78, 5) is 12.0. The Morgan fingerprint density at radius 2 is 2.05 bits per heavy atom. The van der Waals surface area contributed by atoms with Crippen molar-refractivity contribution in [2.75, 3.05) is 6.61 Å². The fourth-order valence-electron chi connectivity index (χ4n) is 2.14. The van der Waals surface area contributed by atoms with E-state index in [0.29, 0.717) is 18.0 Å². The van der Waals surface area contributed by atoms with Gasteiger partial charge >= 0.3 is 5.97 Å². The number of nitrogens with zero attached hydrogens (tertiary/aromatic N) is 2. The predicted octanol–water partition coefficient (Wildman–Crippen LogP) is 3.53. The van der Waals surface area contributed by atoms with Crippen LogP contribution < -0.4 is 0 Å². The first-order chi connectivity index (χ1) is 10.4. The molecule has 0 aliphatic rings. The van der Waals surface area contributed by atoms with E-state index in [9.17, 15) is 13.6 Å². The van der Waals surface area contributed by atoms with Gasteiger partial charge in [-0.3, -0.25) is 0 Å². The highest BCUT2D eigenvalue weighted by Crippen LogP contribution is 2.19. The molecular weight excluding hydrogens is 290 g/mol. The molecule has 2 rings (SSSR count). The van der Waals surface area contributed by atoms with Crippen LogP contribution in [0.3, 0.4) is 0 Å². The van der Waals surface area contributed by atoms with Gasteiger partial charge in [-0.05, 0) is 37.5 Å². The van der Waals surface area contributed by atoms with Crippen LogP contribution >= 0.6 is 0 Å². The molecule has 0 aliphatic carbocycles. The van der Waals surface area contributed by atoms with Gasteiger partial charge < -0.3 is 4.74 Å². The maximum atomic E-state index is 14.0. The van der Waals surface area contributed by atoms with Gasteiger partial charge in [0.2, 0.25) is 0 Å². The molecule has 2 aromatic rings. The third-order valence-corrected chi connectivity index (χ3v) is 3.00. The first-order valence-electron chi connectivity index (χ1n) is 7.13. The number of rotatable bonds is 5. The van der Waals surface area contributed by atoms with Crippen LogP contribution in [-0.2, 0) is 11.2 Å². The summed E-state index contributed by atoms with van der Waals surface area (Å²) >= 11 is 0. The maximum Gasteiger partial charge on any atom is 0.357 e. The van der Waals surface area contributed by atoms with Gasteiger partial charge in [-0.25, -0.2) is 18.3 Å². The van der Waals surface area contributed by atoms with E-state index in [1.807, 2.05) is 13.8 Å². The average Bonchev–Trinajstić information content (AvgIpc) is 2.81. The van der Waals surface area contributed by atoms with Gasteiger partial charge in [-0.15, -0.1) is 0 Å². The molecule has 4 nitrogen and oxygen atoms in total. The largest absolute Gasteiger partial charge is 0.461 e. The quantitative estimate of drug-likeness (QED) is 0.794. The second kappa shape index (κ2) is 6.68. The molecule has 0 saturated carbocycles. The highest BCUT2D eigenvalue weighted by molar-refractivity contribution is 5.88. The summed E-state index contributed by atoms with van der Waals surface area (Å²) in [5.41, 5.74) is 0.796. The molecule has 0 spiro atoms. The highest BCUT2D eigenvalue weighted by atomic mass is 19.1. The number of aromatic nitrogens is 2. The number of benzene rings is 1. The minimum Gasteiger partial charge on any atom is -0.461 e. The molecule has 1 aromatic heterocycles. The van der Waals surface area contributed by atoms with E-state index in [-0.39, 0.29) is 18.0 Å². The molecule has 0 N–H and O–H groups in total. The van der Waals surface area contributed by atoms with E-state index >= 15 is 0 Å². The molecule has 1 heterocycles. The van der Waals surface area contributed by atoms with Crippen molar-refractivity contribution in [3.05, 3.63) is 47.3 Å². The Hall–Kier alpha value is -2.24. The van der Waals surface area contributed by atoms with Crippen LogP contribution in [0.25, 0.3) is 5.69 Å². The molecule has 0 bridgehead atoms. The lowest BCUT2D eigenvalue weighted by Gasteiger charge is -2.08. The van der Waals surface area contributed by atoms with Crippen molar-refractivity contribution in [3.63, 3.8) is 0 Å². The normalized spacial score (nSPS) is 11.0. The van der Waals surface area contributed by atoms with Gasteiger partial charge in [-0.2, -0.15) is 5.10 Å². The molecule has 0 radical (unpaired) electrons. The van der Waals surface area contributed by atoms with Crippen LogP contribution in [0.5, 0.6) is 0 Å². The fraction of sp³-hybridized carbons (Fsp3) is 0.375. The Morgan fingerprint density at radius 3 is 2.64 bits per heavy atom. The third-order valence-electron chi connectivity index (χ3n) is 3.00. The summed E-state index contributed by atoms with van der Waals surface area (Å²) in [5.74, 6) is -1.73. The molecule has 0 unspecified atom stereocenters. The minimum atomic E-state index is -0.787. The summed E-state index contributed by atoms with van der Waals surface area (Å²) in [6.45, 7) is 5.92. The molecule has 0 aliphatic heterocycles. The molecule has 1 aromatic carbocycles. The van der Waals surface area contributed by atoms with Crippen LogP contribution in [0.4, 0.5) is 8.78 Å². The second-order valence-corrected chi connectivity index (χ2v) is 5.35. The first-order valence-corrected chi connectivity index (χ1v) is 7.13. The standard InChI is InChI=1S/C16H18F2N2O2/c1-4-22-16(21)15-9-12(7-10(2)3)19-20(15)14-6-5-11(17)8-13(14)18/h5-6,8-10H,4,7H2,1-3H3. The molecular formula is C16H18F2N2O2. The van der Waals surface area contributed by atoms with Crippen molar-refractivity contribution >= 4 is 5.97 Å². The molecule has 6 heteroatoms. The van der Waals surface area contributed by atoms with Crippen LogP contribution in [-0.4, -0.2) is 22.4 Å². The zero-order valence-electron chi connectivity index (χ0n) is 12.8. The predicted molar refractivity (Wildman–Crippen MR) is 78.0 cm³/mol. The maximum absolute atomic E-state index is 14.0. The lowest BCUT2D eigenvalue weighted by molar-refractivity contribution is 0.0515. The molecule has 22 heavy (non-hydrogen) atoms. The summed E-state index contributed by atoms with van der Waals surface area (Å²) in [6.07, 6.45) is 0.641. The van der Waals surface area contributed by atoms with Crippen molar-refractivity contribution in [1.82, 2.24) is 9.78 Å². The van der Waals surface area contributed by atoms with Crippen molar-refractivity contribution in [1.29, 1.82) is 0 Å². The summed E-state index contributed by atoms with van der Waals surface area (Å²) < 4.78 is 33.2. The van der Waals surface area contributed by atoms with Crippen molar-refractivity contribution in [2.45, 2.75) is 27.2 Å². The molecule has 118 valence electrons. The molecule has 0 amide bonds. The Morgan fingerprint density at radius 1 is 1.32 bits per heavy atom. The van der Waals surface area contributed by atoms with E-state index in [1.54, 1.807) is 13.0 Å². The highest BCUT2D eigenvalue weighted by Gasteiger charge is 2.20. The van der Waals surface area contributed by atoms with Crippen molar-refractivity contribution in [2.24, 2.45) is 5.92 Å². The first kappa shape index (κ1) is 16.1. The van der Waals surface area contributed by atoms with Gasteiger partial charge in [0.1, 0.15) is 11.5 Å². The Labute approximate surface area is 127 Å². The van der Waals surface area contributed by atoms with Gasteiger partial charge in [0.15, 0.2) is 11.5 Å². The van der Waals surface area contributed by atoms with Gasteiger partial charge in [0.05, 0.1) is 12.3 Å². The molecule has 0 saturated heterocycles. The van der Waals surface area contributed by atoms with Crippen molar-refractivity contribution < 1.29 is 18.3 Å². The lowest BCUT2D eigenvalue weighted by atomic mass is 10.1. The van der Waals surface area contributed by atoms with E-state index in [4.69, 9.17) is 4.74 Å². The summed E-state index contributed by atoms with van der Waals surface area (Å²) in [6, 6.07) is 4.71. The van der Waals surface area contributed by atoms with Crippen LogP contribution in [0.15, 0.2) is 24.3 Å². The number of carbonyl (C=O) groups excluding carboxylic acids is 1. The molecule has 0 atom stereocenters. The van der Waals surface area contributed by atoms with E-state index in [1.165, 1.54) is 10.7 Å². The Balaban J connectivity index is 2.51. The third kappa shape index (κ3) is 3.50. The Kier molecular flexibility index (Phi) is 4.90. The lowest BCUT2D eigenvalue weighted by Crippen LogP contribution is -2.13.